The summed E-state index contributed by atoms with van der Waals surface area (Å²) in [6, 6.07) is 33.7. The van der Waals surface area contributed by atoms with Gasteiger partial charge in [0, 0.05) is 43.1 Å². The fourth-order valence-electron chi connectivity index (χ4n) is 5.28. The van der Waals surface area contributed by atoms with Crippen LogP contribution in [0.5, 0.6) is 0 Å². The van der Waals surface area contributed by atoms with E-state index in [0.717, 1.165) is 19.5 Å². The number of hydrogen-bond acceptors (Lipinski definition) is 3. The van der Waals surface area contributed by atoms with Gasteiger partial charge in [-0.05, 0) is 76.0 Å². The van der Waals surface area contributed by atoms with Gasteiger partial charge < -0.3 is 9.80 Å². The lowest BCUT2D eigenvalue weighted by Crippen LogP contribution is -2.57. The minimum Gasteiger partial charge on any atom is -0.341 e. The molecule has 0 radical (unpaired) electrons. The number of halogens is 1. The molecule has 4 rings (SSSR count). The van der Waals surface area contributed by atoms with Gasteiger partial charge >= 0.3 is 0 Å². The minimum absolute atomic E-state index is 0. The highest BCUT2D eigenvalue weighted by molar-refractivity contribution is 5.85. The van der Waals surface area contributed by atoms with Gasteiger partial charge in [0.05, 0.1) is 0 Å². The molecular formula is C30H40ClN3. The van der Waals surface area contributed by atoms with Gasteiger partial charge in [0.15, 0.2) is 0 Å². The summed E-state index contributed by atoms with van der Waals surface area (Å²) in [7, 11) is 0. The Morgan fingerprint density at radius 1 is 0.676 bits per heavy atom. The molecule has 0 aliphatic carbocycles. The Bertz CT molecular complexity index is 884. The number of piperazine rings is 1. The lowest BCUT2D eigenvalue weighted by molar-refractivity contribution is 0.0381. The second-order valence-electron chi connectivity index (χ2n) is 9.46. The summed E-state index contributed by atoms with van der Waals surface area (Å²) in [6.45, 7) is 10.5. The van der Waals surface area contributed by atoms with Crippen molar-refractivity contribution in [3.8, 4) is 0 Å². The number of benzene rings is 3. The zero-order valence-electron chi connectivity index (χ0n) is 20.7. The summed E-state index contributed by atoms with van der Waals surface area (Å²) in [5, 5.41) is 0. The molecule has 1 aliphatic rings. The number of para-hydroxylation sites is 2. The van der Waals surface area contributed by atoms with Gasteiger partial charge in [-0.2, -0.15) is 0 Å². The Balaban J connectivity index is 0.00000324. The molecule has 3 nitrogen and oxygen atoms in total. The molecular weight excluding hydrogens is 438 g/mol. The Hall–Kier alpha value is -2.33. The highest BCUT2D eigenvalue weighted by atomic mass is 35.5. The van der Waals surface area contributed by atoms with Gasteiger partial charge in [-0.15, -0.1) is 12.4 Å². The summed E-state index contributed by atoms with van der Waals surface area (Å²) in [6.07, 6.45) is 3.58. The highest BCUT2D eigenvalue weighted by Gasteiger charge is 2.28. The van der Waals surface area contributed by atoms with E-state index in [1.165, 1.54) is 49.4 Å². The summed E-state index contributed by atoms with van der Waals surface area (Å²) < 4.78 is 0. The summed E-state index contributed by atoms with van der Waals surface area (Å²) in [5.74, 6) is 0. The fourth-order valence-corrected chi connectivity index (χ4v) is 5.28. The molecule has 1 aliphatic heterocycles. The minimum atomic E-state index is 0. The number of nitrogens with zero attached hydrogens (tertiary/aromatic N) is 3. The van der Waals surface area contributed by atoms with Crippen molar-refractivity contribution in [2.24, 2.45) is 0 Å². The normalized spacial score (nSPS) is 18.9. The molecule has 3 aromatic rings. The van der Waals surface area contributed by atoms with E-state index in [1.807, 2.05) is 0 Å². The average Bonchev–Trinajstić information content (AvgIpc) is 2.85. The van der Waals surface area contributed by atoms with Crippen LogP contribution in [0, 0.1) is 0 Å². The van der Waals surface area contributed by atoms with Crippen molar-refractivity contribution in [2.45, 2.75) is 45.2 Å². The fraction of sp³-hybridized carbons (Fsp3) is 0.400. The first-order chi connectivity index (χ1) is 16.2. The number of anilines is 2. The third kappa shape index (κ3) is 7.33. The quantitative estimate of drug-likeness (QED) is 0.323. The van der Waals surface area contributed by atoms with Gasteiger partial charge in [0.25, 0.3) is 0 Å². The topological polar surface area (TPSA) is 9.72 Å². The molecule has 1 heterocycles. The third-order valence-corrected chi connectivity index (χ3v) is 6.89. The van der Waals surface area contributed by atoms with Crippen LogP contribution in [-0.2, 0) is 6.42 Å². The second kappa shape index (κ2) is 13.5. The number of hydrogen-bond donors (Lipinski definition) is 0. The first kappa shape index (κ1) is 26.3. The van der Waals surface area contributed by atoms with Crippen molar-refractivity contribution < 1.29 is 0 Å². The smallest absolute Gasteiger partial charge is 0.0410 e. The summed E-state index contributed by atoms with van der Waals surface area (Å²) in [5.41, 5.74) is 4.00. The molecule has 182 valence electrons. The van der Waals surface area contributed by atoms with Gasteiger partial charge in [0.2, 0.25) is 0 Å². The molecule has 3 aromatic carbocycles. The van der Waals surface area contributed by atoms with Crippen LogP contribution in [0.3, 0.4) is 0 Å². The molecule has 1 fully saturated rings. The molecule has 0 amide bonds. The Kier molecular flexibility index (Phi) is 10.5. The molecule has 0 bridgehead atoms. The van der Waals surface area contributed by atoms with Crippen molar-refractivity contribution in [3.63, 3.8) is 0 Å². The van der Waals surface area contributed by atoms with Crippen molar-refractivity contribution >= 4 is 23.8 Å². The van der Waals surface area contributed by atoms with E-state index in [9.17, 15) is 0 Å². The predicted molar refractivity (Wildman–Crippen MR) is 149 cm³/mol. The first-order valence-electron chi connectivity index (χ1n) is 12.6. The molecule has 1 saturated heterocycles. The first-order valence-corrected chi connectivity index (χ1v) is 12.6. The standard InChI is InChI=1S/C30H39N3.ClH/c1-26-24-31(25-27(2)32(26)22-12-16-28-14-6-3-7-15-28)21-13-23-33(29-17-8-4-9-18-29)30-19-10-5-11-20-30;/h3-11,14-15,17-20,26-27H,12-13,16,21-25H2,1-2H3;1H. The van der Waals surface area contributed by atoms with Crippen LogP contribution in [0.25, 0.3) is 0 Å². The van der Waals surface area contributed by atoms with Gasteiger partial charge in [-0.3, -0.25) is 4.90 Å². The third-order valence-electron chi connectivity index (χ3n) is 6.89. The van der Waals surface area contributed by atoms with Crippen LogP contribution in [0.1, 0.15) is 32.3 Å². The van der Waals surface area contributed by atoms with Crippen LogP contribution in [0.4, 0.5) is 11.4 Å². The van der Waals surface area contributed by atoms with Crippen LogP contribution in [0.15, 0.2) is 91.0 Å². The van der Waals surface area contributed by atoms with Crippen LogP contribution >= 0.6 is 12.4 Å². The van der Waals surface area contributed by atoms with Crippen LogP contribution in [-0.4, -0.2) is 54.6 Å². The highest BCUT2D eigenvalue weighted by Crippen LogP contribution is 2.25. The van der Waals surface area contributed by atoms with E-state index in [-0.39, 0.29) is 12.4 Å². The van der Waals surface area contributed by atoms with E-state index in [2.05, 4.69) is 120 Å². The average molecular weight is 478 g/mol. The van der Waals surface area contributed by atoms with Gasteiger partial charge in [-0.1, -0.05) is 66.7 Å². The Labute approximate surface area is 212 Å². The molecule has 0 spiro atoms. The molecule has 2 atom stereocenters. The molecule has 34 heavy (non-hydrogen) atoms. The van der Waals surface area contributed by atoms with Crippen LogP contribution < -0.4 is 4.90 Å². The second-order valence-corrected chi connectivity index (χ2v) is 9.46. The van der Waals surface area contributed by atoms with E-state index in [0.29, 0.717) is 12.1 Å². The van der Waals surface area contributed by atoms with Crippen molar-refractivity contribution in [1.29, 1.82) is 0 Å². The van der Waals surface area contributed by atoms with Crippen molar-refractivity contribution in [2.75, 3.05) is 37.6 Å². The largest absolute Gasteiger partial charge is 0.341 e. The monoisotopic (exact) mass is 477 g/mol. The van der Waals surface area contributed by atoms with Crippen LogP contribution in [0.2, 0.25) is 0 Å². The van der Waals surface area contributed by atoms with Crippen molar-refractivity contribution in [1.82, 2.24) is 9.80 Å². The Morgan fingerprint density at radius 3 is 1.71 bits per heavy atom. The van der Waals surface area contributed by atoms with E-state index in [4.69, 9.17) is 0 Å². The SMILES string of the molecule is CC1CN(CCCN(c2ccccc2)c2ccccc2)CC(C)N1CCCc1ccccc1.Cl. The molecule has 4 heteroatoms. The molecule has 0 saturated carbocycles. The summed E-state index contributed by atoms with van der Waals surface area (Å²) in [4.78, 5) is 7.85. The molecule has 0 N–H and O–H groups in total. The zero-order chi connectivity index (χ0) is 22.9. The maximum absolute atomic E-state index is 2.72. The van der Waals surface area contributed by atoms with E-state index < -0.39 is 0 Å². The summed E-state index contributed by atoms with van der Waals surface area (Å²) >= 11 is 0. The van der Waals surface area contributed by atoms with Gasteiger partial charge in [0.1, 0.15) is 0 Å². The number of aryl methyl sites for hydroxylation is 1. The Morgan fingerprint density at radius 2 is 1.18 bits per heavy atom. The van der Waals surface area contributed by atoms with Crippen molar-refractivity contribution in [3.05, 3.63) is 96.6 Å². The number of rotatable bonds is 10. The molecule has 2 unspecified atom stereocenters. The predicted octanol–water partition coefficient (Wildman–Crippen LogP) is 6.66. The zero-order valence-corrected chi connectivity index (χ0v) is 21.5. The van der Waals surface area contributed by atoms with E-state index in [1.54, 1.807) is 0 Å². The van der Waals surface area contributed by atoms with E-state index >= 15 is 0 Å². The lowest BCUT2D eigenvalue weighted by atomic mass is 10.0. The maximum atomic E-state index is 2.72. The van der Waals surface area contributed by atoms with Gasteiger partial charge in [-0.25, -0.2) is 0 Å². The molecule has 0 aromatic heterocycles. The maximum Gasteiger partial charge on any atom is 0.0410 e. The lowest BCUT2D eigenvalue weighted by Gasteiger charge is -2.44.